The Morgan fingerprint density at radius 2 is 1.86 bits per heavy atom. The Kier molecular flexibility index (Phi) is 4.99. The monoisotopic (exact) mass is 301 g/mol. The second-order valence-corrected chi connectivity index (χ2v) is 5.19. The fourth-order valence-electron chi connectivity index (χ4n) is 2.13. The van der Waals surface area contributed by atoms with Crippen LogP contribution in [0.2, 0.25) is 0 Å². The third-order valence-corrected chi connectivity index (χ3v) is 3.33. The minimum Gasteiger partial charge on any atom is -0.481 e. The van der Waals surface area contributed by atoms with Crippen LogP contribution in [0.15, 0.2) is 40.8 Å². The zero-order valence-corrected chi connectivity index (χ0v) is 12.6. The van der Waals surface area contributed by atoms with E-state index in [0.29, 0.717) is 5.76 Å². The van der Waals surface area contributed by atoms with Gasteiger partial charge in [0.25, 0.3) is 5.91 Å². The molecule has 1 unspecified atom stereocenters. The number of furan rings is 1. The number of hydrogen-bond acceptors (Lipinski definition) is 3. The fourth-order valence-corrected chi connectivity index (χ4v) is 2.13. The lowest BCUT2D eigenvalue weighted by molar-refractivity contribution is -0.137. The maximum absolute atomic E-state index is 12.0. The number of carbonyl (C=O) groups excluding carboxylic acids is 1. The molecule has 0 aliphatic carbocycles. The summed E-state index contributed by atoms with van der Waals surface area (Å²) in [6.45, 7) is 3.72. The molecule has 2 aromatic rings. The van der Waals surface area contributed by atoms with E-state index in [0.717, 1.165) is 12.0 Å². The predicted octanol–water partition coefficient (Wildman–Crippen LogP) is 3.10. The van der Waals surface area contributed by atoms with E-state index in [9.17, 15) is 9.59 Å². The molecule has 22 heavy (non-hydrogen) atoms. The third kappa shape index (κ3) is 3.97. The molecule has 0 radical (unpaired) electrons. The maximum atomic E-state index is 12.0. The Morgan fingerprint density at radius 3 is 2.45 bits per heavy atom. The van der Waals surface area contributed by atoms with Crippen molar-refractivity contribution in [3.8, 4) is 11.3 Å². The van der Waals surface area contributed by atoms with Crippen molar-refractivity contribution in [3.63, 3.8) is 0 Å². The number of benzene rings is 1. The van der Waals surface area contributed by atoms with Gasteiger partial charge in [-0.25, -0.2) is 0 Å². The van der Waals surface area contributed by atoms with Gasteiger partial charge in [-0.2, -0.15) is 0 Å². The number of aliphatic carboxylic acids is 1. The highest BCUT2D eigenvalue weighted by Gasteiger charge is 2.16. The highest BCUT2D eigenvalue weighted by Crippen LogP contribution is 2.22. The van der Waals surface area contributed by atoms with Gasteiger partial charge in [-0.15, -0.1) is 0 Å². The molecule has 0 aliphatic rings. The number of nitrogens with one attached hydrogen (secondary N) is 1. The number of amides is 1. The maximum Gasteiger partial charge on any atom is 0.305 e. The first-order valence-corrected chi connectivity index (χ1v) is 7.21. The second-order valence-electron chi connectivity index (χ2n) is 5.19. The van der Waals surface area contributed by atoms with Gasteiger partial charge in [0.15, 0.2) is 5.76 Å². The van der Waals surface area contributed by atoms with Crippen LogP contribution in [0.1, 0.15) is 36.4 Å². The Labute approximate surface area is 129 Å². The average Bonchev–Trinajstić information content (AvgIpc) is 2.96. The van der Waals surface area contributed by atoms with Crippen molar-refractivity contribution in [2.75, 3.05) is 0 Å². The van der Waals surface area contributed by atoms with Crippen LogP contribution < -0.4 is 5.32 Å². The molecule has 5 heteroatoms. The van der Waals surface area contributed by atoms with Crippen molar-refractivity contribution in [2.24, 2.45) is 0 Å². The van der Waals surface area contributed by atoms with Gasteiger partial charge in [-0.3, -0.25) is 9.59 Å². The first-order chi connectivity index (χ1) is 10.5. The van der Waals surface area contributed by atoms with Gasteiger partial charge in [0.2, 0.25) is 0 Å². The van der Waals surface area contributed by atoms with E-state index in [1.54, 1.807) is 19.1 Å². The van der Waals surface area contributed by atoms with E-state index in [1.807, 2.05) is 24.3 Å². The summed E-state index contributed by atoms with van der Waals surface area (Å²) in [5.41, 5.74) is 2.13. The number of carboxylic acid groups (broad SMARTS) is 1. The third-order valence-electron chi connectivity index (χ3n) is 3.33. The van der Waals surface area contributed by atoms with Gasteiger partial charge in [-0.05, 0) is 31.0 Å². The van der Waals surface area contributed by atoms with Crippen LogP contribution in [0.5, 0.6) is 0 Å². The number of carbonyl (C=O) groups is 2. The first-order valence-electron chi connectivity index (χ1n) is 7.21. The Balaban J connectivity index is 2.06. The van der Waals surface area contributed by atoms with Crippen LogP contribution in [0.4, 0.5) is 0 Å². The lowest BCUT2D eigenvalue weighted by Gasteiger charge is -2.09. The van der Waals surface area contributed by atoms with Gasteiger partial charge in [0.05, 0.1) is 6.42 Å². The summed E-state index contributed by atoms with van der Waals surface area (Å²) >= 11 is 0. The molecule has 1 aromatic heterocycles. The highest BCUT2D eigenvalue weighted by atomic mass is 16.4. The number of hydrogen-bond donors (Lipinski definition) is 2. The van der Waals surface area contributed by atoms with E-state index in [1.165, 1.54) is 5.56 Å². The summed E-state index contributed by atoms with van der Waals surface area (Å²) in [5.74, 6) is -0.584. The average molecular weight is 301 g/mol. The van der Waals surface area contributed by atoms with Crippen LogP contribution in [0, 0.1) is 0 Å². The zero-order chi connectivity index (χ0) is 16.1. The predicted molar refractivity (Wildman–Crippen MR) is 82.7 cm³/mol. The quantitative estimate of drug-likeness (QED) is 0.859. The van der Waals surface area contributed by atoms with Gasteiger partial charge >= 0.3 is 5.97 Å². The zero-order valence-electron chi connectivity index (χ0n) is 12.6. The number of rotatable bonds is 6. The van der Waals surface area contributed by atoms with E-state index >= 15 is 0 Å². The molecule has 1 heterocycles. The molecule has 1 aromatic carbocycles. The van der Waals surface area contributed by atoms with E-state index in [4.69, 9.17) is 9.52 Å². The van der Waals surface area contributed by atoms with Crippen molar-refractivity contribution < 1.29 is 19.1 Å². The van der Waals surface area contributed by atoms with Crippen LogP contribution in [0.3, 0.4) is 0 Å². The topological polar surface area (TPSA) is 79.5 Å². The highest BCUT2D eigenvalue weighted by molar-refractivity contribution is 5.92. The fraction of sp³-hybridized carbons (Fsp3) is 0.294. The number of aryl methyl sites for hydroxylation is 1. The summed E-state index contributed by atoms with van der Waals surface area (Å²) < 4.78 is 5.55. The molecule has 1 amide bonds. The summed E-state index contributed by atoms with van der Waals surface area (Å²) in [5, 5.41) is 11.3. The van der Waals surface area contributed by atoms with Gasteiger partial charge in [-0.1, -0.05) is 31.2 Å². The molecular formula is C17H19NO4. The normalized spacial score (nSPS) is 11.9. The van der Waals surface area contributed by atoms with Crippen molar-refractivity contribution >= 4 is 11.9 Å². The minimum absolute atomic E-state index is 0.127. The molecule has 2 N–H and O–H groups in total. The minimum atomic E-state index is -0.955. The molecule has 0 saturated carbocycles. The molecule has 116 valence electrons. The largest absolute Gasteiger partial charge is 0.481 e. The van der Waals surface area contributed by atoms with E-state index in [-0.39, 0.29) is 12.2 Å². The van der Waals surface area contributed by atoms with Gasteiger partial charge in [0, 0.05) is 11.6 Å². The Bertz CT molecular complexity index is 658. The first kappa shape index (κ1) is 15.8. The summed E-state index contributed by atoms with van der Waals surface area (Å²) in [4.78, 5) is 22.6. The van der Waals surface area contributed by atoms with Crippen molar-refractivity contribution in [2.45, 2.75) is 32.7 Å². The van der Waals surface area contributed by atoms with Gasteiger partial charge < -0.3 is 14.8 Å². The smallest absolute Gasteiger partial charge is 0.305 e. The van der Waals surface area contributed by atoms with Crippen LogP contribution in [-0.4, -0.2) is 23.0 Å². The van der Waals surface area contributed by atoms with Crippen molar-refractivity contribution in [1.29, 1.82) is 0 Å². The van der Waals surface area contributed by atoms with Crippen LogP contribution in [-0.2, 0) is 11.2 Å². The van der Waals surface area contributed by atoms with Crippen molar-refractivity contribution in [3.05, 3.63) is 47.7 Å². The summed E-state index contributed by atoms with van der Waals surface area (Å²) in [6, 6.07) is 10.8. The Morgan fingerprint density at radius 1 is 1.18 bits per heavy atom. The standard InChI is InChI=1S/C17H19NO4/c1-3-12-4-6-13(7-5-12)14-8-9-15(22-14)17(21)18-11(2)10-16(19)20/h4-9,11H,3,10H2,1-2H3,(H,18,21)(H,19,20). The van der Waals surface area contributed by atoms with Crippen LogP contribution in [0.25, 0.3) is 11.3 Å². The molecule has 0 fully saturated rings. The molecule has 0 spiro atoms. The van der Waals surface area contributed by atoms with E-state index < -0.39 is 17.9 Å². The van der Waals surface area contributed by atoms with Crippen molar-refractivity contribution in [1.82, 2.24) is 5.32 Å². The molecule has 0 bridgehead atoms. The summed E-state index contributed by atoms with van der Waals surface area (Å²) in [7, 11) is 0. The van der Waals surface area contributed by atoms with E-state index in [2.05, 4.69) is 12.2 Å². The van der Waals surface area contributed by atoms with Crippen LogP contribution >= 0.6 is 0 Å². The molecular weight excluding hydrogens is 282 g/mol. The molecule has 5 nitrogen and oxygen atoms in total. The number of carboxylic acids is 1. The molecule has 0 saturated heterocycles. The lowest BCUT2D eigenvalue weighted by Crippen LogP contribution is -2.33. The van der Waals surface area contributed by atoms with Gasteiger partial charge in [0.1, 0.15) is 5.76 Å². The molecule has 2 rings (SSSR count). The molecule has 0 aliphatic heterocycles. The second kappa shape index (κ2) is 6.93. The SMILES string of the molecule is CCc1ccc(-c2ccc(C(=O)NC(C)CC(=O)O)o2)cc1. The molecule has 1 atom stereocenters. The Hall–Kier alpha value is -2.56. The lowest BCUT2D eigenvalue weighted by atomic mass is 10.1. The summed E-state index contributed by atoms with van der Waals surface area (Å²) in [6.07, 6.45) is 0.839.